The highest BCUT2D eigenvalue weighted by Gasteiger charge is 2.34. The minimum atomic E-state index is -4.60. The first-order chi connectivity index (χ1) is 9.39. The fourth-order valence-electron chi connectivity index (χ4n) is 1.89. The summed E-state index contributed by atoms with van der Waals surface area (Å²) >= 11 is 0. The van der Waals surface area contributed by atoms with E-state index in [1.165, 1.54) is 12.1 Å². The molecule has 2 aromatic rings. The predicted octanol–water partition coefficient (Wildman–Crippen LogP) is 4.02. The summed E-state index contributed by atoms with van der Waals surface area (Å²) in [6, 6.07) is 12.1. The number of hydrogen-bond donors (Lipinski definition) is 2. The fraction of sp³-hybridized carbons (Fsp3) is 0.133. The van der Waals surface area contributed by atoms with Gasteiger partial charge in [0.05, 0.1) is 5.56 Å². The molecule has 0 spiro atoms. The minimum Gasteiger partial charge on any atom is -0.507 e. The van der Waals surface area contributed by atoms with Crippen LogP contribution < -0.4 is 0 Å². The molecule has 2 nitrogen and oxygen atoms in total. The van der Waals surface area contributed by atoms with E-state index >= 15 is 0 Å². The molecule has 0 unspecified atom stereocenters. The quantitative estimate of drug-likeness (QED) is 0.819. The van der Waals surface area contributed by atoms with E-state index in [4.69, 9.17) is 5.41 Å². The molecular formula is C15H12F3NO. The lowest BCUT2D eigenvalue weighted by molar-refractivity contribution is -0.138. The molecule has 0 bridgehead atoms. The van der Waals surface area contributed by atoms with Crippen molar-refractivity contribution in [2.45, 2.75) is 12.6 Å². The molecule has 2 aromatic carbocycles. The van der Waals surface area contributed by atoms with Gasteiger partial charge < -0.3 is 10.5 Å². The Bertz CT molecular complexity index is 621. The molecule has 0 aromatic heterocycles. The van der Waals surface area contributed by atoms with Gasteiger partial charge in [-0.1, -0.05) is 42.5 Å². The van der Waals surface area contributed by atoms with Crippen molar-refractivity contribution in [1.82, 2.24) is 0 Å². The van der Waals surface area contributed by atoms with Crippen molar-refractivity contribution in [3.8, 4) is 5.75 Å². The highest BCUT2D eigenvalue weighted by molar-refractivity contribution is 5.99. The zero-order chi connectivity index (χ0) is 14.8. The van der Waals surface area contributed by atoms with Crippen LogP contribution in [0.15, 0.2) is 48.5 Å². The maximum Gasteiger partial charge on any atom is 0.419 e. The number of nitrogens with one attached hydrogen (secondary N) is 1. The number of rotatable bonds is 3. The Morgan fingerprint density at radius 2 is 1.65 bits per heavy atom. The topological polar surface area (TPSA) is 44.1 Å². The lowest BCUT2D eigenvalue weighted by Crippen LogP contribution is -2.09. The Morgan fingerprint density at radius 1 is 1.00 bits per heavy atom. The average molecular weight is 279 g/mol. The Kier molecular flexibility index (Phi) is 3.79. The first kappa shape index (κ1) is 14.1. The standard InChI is InChI=1S/C15H12F3NO/c16-15(17,18)12-8-4-7-11(14(12)20)9-13(19)10-5-2-1-3-6-10/h1-8,19-20H,9H2. The maximum absolute atomic E-state index is 12.7. The van der Waals surface area contributed by atoms with Crippen LogP contribution in [-0.2, 0) is 12.6 Å². The second kappa shape index (κ2) is 5.36. The number of hydrogen-bond acceptors (Lipinski definition) is 2. The Morgan fingerprint density at radius 3 is 2.25 bits per heavy atom. The van der Waals surface area contributed by atoms with Crippen molar-refractivity contribution < 1.29 is 18.3 Å². The van der Waals surface area contributed by atoms with Crippen LogP contribution in [0, 0.1) is 5.41 Å². The van der Waals surface area contributed by atoms with Crippen LogP contribution in [-0.4, -0.2) is 10.8 Å². The molecule has 0 aliphatic rings. The molecule has 0 atom stereocenters. The normalized spacial score (nSPS) is 11.3. The molecule has 104 valence electrons. The van der Waals surface area contributed by atoms with Gasteiger partial charge in [-0.15, -0.1) is 0 Å². The van der Waals surface area contributed by atoms with Crippen LogP contribution >= 0.6 is 0 Å². The van der Waals surface area contributed by atoms with Gasteiger partial charge in [0, 0.05) is 17.7 Å². The van der Waals surface area contributed by atoms with Crippen LogP contribution in [0.5, 0.6) is 5.75 Å². The van der Waals surface area contributed by atoms with E-state index in [9.17, 15) is 18.3 Å². The molecule has 0 aliphatic carbocycles. The van der Waals surface area contributed by atoms with Gasteiger partial charge in [-0.3, -0.25) is 0 Å². The number of alkyl halides is 3. The molecule has 20 heavy (non-hydrogen) atoms. The van der Waals surface area contributed by atoms with E-state index in [-0.39, 0.29) is 17.7 Å². The molecule has 0 fully saturated rings. The van der Waals surface area contributed by atoms with E-state index in [1.807, 2.05) is 0 Å². The zero-order valence-corrected chi connectivity index (χ0v) is 10.4. The second-order valence-electron chi connectivity index (χ2n) is 4.33. The van der Waals surface area contributed by atoms with Gasteiger partial charge in [-0.2, -0.15) is 13.2 Å². The van der Waals surface area contributed by atoms with Crippen LogP contribution in [0.2, 0.25) is 0 Å². The van der Waals surface area contributed by atoms with Gasteiger partial charge in [-0.05, 0) is 11.6 Å². The Hall–Kier alpha value is -2.30. The SMILES string of the molecule is N=C(Cc1cccc(C(F)(F)F)c1O)c1ccccc1. The van der Waals surface area contributed by atoms with E-state index < -0.39 is 17.5 Å². The number of benzene rings is 2. The third kappa shape index (κ3) is 2.99. The van der Waals surface area contributed by atoms with Crippen molar-refractivity contribution >= 4 is 5.71 Å². The van der Waals surface area contributed by atoms with Crippen molar-refractivity contribution in [2.75, 3.05) is 0 Å². The lowest BCUT2D eigenvalue weighted by Gasteiger charge is -2.12. The average Bonchev–Trinajstić information content (AvgIpc) is 2.40. The maximum atomic E-state index is 12.7. The predicted molar refractivity (Wildman–Crippen MR) is 70.1 cm³/mol. The summed E-state index contributed by atoms with van der Waals surface area (Å²) in [6.07, 6.45) is -4.66. The summed E-state index contributed by atoms with van der Waals surface area (Å²) in [7, 11) is 0. The fourth-order valence-corrected chi connectivity index (χ4v) is 1.89. The molecule has 2 rings (SSSR count). The molecule has 2 N–H and O–H groups in total. The second-order valence-corrected chi connectivity index (χ2v) is 4.33. The lowest BCUT2D eigenvalue weighted by atomic mass is 9.99. The number of aromatic hydroxyl groups is 1. The smallest absolute Gasteiger partial charge is 0.419 e. The molecular weight excluding hydrogens is 267 g/mol. The number of phenolic OH excluding ortho intramolecular Hbond substituents is 1. The molecule has 0 radical (unpaired) electrons. The third-order valence-electron chi connectivity index (χ3n) is 2.91. The third-order valence-corrected chi connectivity index (χ3v) is 2.91. The minimum absolute atomic E-state index is 0.0558. The molecule has 0 saturated heterocycles. The summed E-state index contributed by atoms with van der Waals surface area (Å²) in [6.45, 7) is 0. The van der Waals surface area contributed by atoms with Gasteiger partial charge in [0.1, 0.15) is 5.75 Å². The van der Waals surface area contributed by atoms with Crippen molar-refractivity contribution in [1.29, 1.82) is 5.41 Å². The van der Waals surface area contributed by atoms with E-state index in [1.54, 1.807) is 30.3 Å². The van der Waals surface area contributed by atoms with Crippen molar-refractivity contribution in [2.24, 2.45) is 0 Å². The monoisotopic (exact) mass is 279 g/mol. The van der Waals surface area contributed by atoms with Gasteiger partial charge in [0.15, 0.2) is 0 Å². The Labute approximate surface area is 114 Å². The van der Waals surface area contributed by atoms with Crippen LogP contribution in [0.4, 0.5) is 13.2 Å². The molecule has 0 aliphatic heterocycles. The van der Waals surface area contributed by atoms with E-state index in [2.05, 4.69) is 0 Å². The number of halogens is 3. The summed E-state index contributed by atoms with van der Waals surface area (Å²) in [5, 5.41) is 17.6. The van der Waals surface area contributed by atoms with Gasteiger partial charge >= 0.3 is 6.18 Å². The molecule has 0 heterocycles. The highest BCUT2D eigenvalue weighted by Crippen LogP contribution is 2.37. The highest BCUT2D eigenvalue weighted by atomic mass is 19.4. The van der Waals surface area contributed by atoms with Gasteiger partial charge in [0.25, 0.3) is 0 Å². The molecule has 0 amide bonds. The van der Waals surface area contributed by atoms with E-state index in [0.717, 1.165) is 6.07 Å². The summed E-state index contributed by atoms with van der Waals surface area (Å²) < 4.78 is 38.0. The largest absolute Gasteiger partial charge is 0.507 e. The molecule has 0 saturated carbocycles. The number of phenols is 1. The Balaban J connectivity index is 2.29. The summed E-state index contributed by atoms with van der Waals surface area (Å²) in [4.78, 5) is 0. The summed E-state index contributed by atoms with van der Waals surface area (Å²) in [5.41, 5.74) is -0.214. The first-order valence-electron chi connectivity index (χ1n) is 5.90. The van der Waals surface area contributed by atoms with Crippen LogP contribution in [0.3, 0.4) is 0 Å². The van der Waals surface area contributed by atoms with Crippen LogP contribution in [0.25, 0.3) is 0 Å². The van der Waals surface area contributed by atoms with E-state index in [0.29, 0.717) is 5.56 Å². The number of para-hydroxylation sites is 1. The zero-order valence-electron chi connectivity index (χ0n) is 10.4. The molecule has 5 heteroatoms. The van der Waals surface area contributed by atoms with Crippen molar-refractivity contribution in [3.63, 3.8) is 0 Å². The van der Waals surface area contributed by atoms with Gasteiger partial charge in [0.2, 0.25) is 0 Å². The van der Waals surface area contributed by atoms with Crippen molar-refractivity contribution in [3.05, 3.63) is 65.2 Å². The summed E-state index contributed by atoms with van der Waals surface area (Å²) in [5.74, 6) is -0.805. The van der Waals surface area contributed by atoms with Crippen LogP contribution in [0.1, 0.15) is 16.7 Å². The van der Waals surface area contributed by atoms with Gasteiger partial charge in [-0.25, -0.2) is 0 Å². The first-order valence-corrected chi connectivity index (χ1v) is 5.90.